The topological polar surface area (TPSA) is 29.9 Å². The van der Waals surface area contributed by atoms with Crippen LogP contribution in [0.2, 0.25) is 0 Å². The van der Waals surface area contributed by atoms with Crippen molar-refractivity contribution in [1.82, 2.24) is 9.55 Å². The standard InChI is InChI=1S/C16H13F2N3/c17-15-5-2-6-16(18)14(15)10-20-12-3-1-4-13(9-12)21-8-7-19-11-21/h1-9,11,20H,10H2. The number of nitrogens with one attached hydrogen (secondary N) is 1. The normalized spacial score (nSPS) is 10.6. The van der Waals surface area contributed by atoms with Crippen LogP contribution in [0, 0.1) is 11.6 Å². The largest absolute Gasteiger partial charge is 0.381 e. The second kappa shape index (κ2) is 5.75. The SMILES string of the molecule is Fc1cccc(F)c1CNc1cccc(-n2ccnc2)c1. The van der Waals surface area contributed by atoms with E-state index in [1.54, 1.807) is 12.5 Å². The molecule has 3 nitrogen and oxygen atoms in total. The van der Waals surface area contributed by atoms with Crippen LogP contribution in [-0.4, -0.2) is 9.55 Å². The summed E-state index contributed by atoms with van der Waals surface area (Å²) in [7, 11) is 0. The summed E-state index contributed by atoms with van der Waals surface area (Å²) in [4.78, 5) is 3.99. The molecule has 0 aliphatic heterocycles. The Morgan fingerprint density at radius 2 is 1.81 bits per heavy atom. The number of benzene rings is 2. The van der Waals surface area contributed by atoms with Gasteiger partial charge in [0.05, 0.1) is 6.33 Å². The predicted molar refractivity (Wildman–Crippen MR) is 77.2 cm³/mol. The zero-order chi connectivity index (χ0) is 14.7. The van der Waals surface area contributed by atoms with E-state index < -0.39 is 11.6 Å². The van der Waals surface area contributed by atoms with Gasteiger partial charge < -0.3 is 9.88 Å². The number of halogens is 2. The maximum atomic E-state index is 13.6. The maximum absolute atomic E-state index is 13.6. The first-order chi connectivity index (χ1) is 10.2. The maximum Gasteiger partial charge on any atom is 0.131 e. The first-order valence-corrected chi connectivity index (χ1v) is 6.49. The van der Waals surface area contributed by atoms with E-state index in [0.29, 0.717) is 0 Å². The molecule has 2 aromatic carbocycles. The molecule has 0 aliphatic rings. The van der Waals surface area contributed by atoms with Gasteiger partial charge in [0, 0.05) is 35.9 Å². The molecule has 0 unspecified atom stereocenters. The molecule has 0 amide bonds. The lowest BCUT2D eigenvalue weighted by atomic mass is 10.2. The average Bonchev–Trinajstić information content (AvgIpc) is 3.01. The van der Waals surface area contributed by atoms with E-state index in [1.807, 2.05) is 35.0 Å². The number of hydrogen-bond donors (Lipinski definition) is 1. The second-order valence-corrected chi connectivity index (χ2v) is 4.57. The molecule has 0 fully saturated rings. The molecule has 0 spiro atoms. The Morgan fingerprint density at radius 1 is 1.05 bits per heavy atom. The van der Waals surface area contributed by atoms with Crippen molar-refractivity contribution in [3.63, 3.8) is 0 Å². The molecule has 0 atom stereocenters. The molecular weight excluding hydrogens is 272 g/mol. The van der Waals surface area contributed by atoms with Crippen LogP contribution in [0.4, 0.5) is 14.5 Å². The number of nitrogens with zero attached hydrogens (tertiary/aromatic N) is 2. The van der Waals surface area contributed by atoms with Crippen molar-refractivity contribution in [1.29, 1.82) is 0 Å². The zero-order valence-corrected chi connectivity index (χ0v) is 11.1. The molecule has 0 radical (unpaired) electrons. The quantitative estimate of drug-likeness (QED) is 0.791. The molecule has 0 saturated carbocycles. The van der Waals surface area contributed by atoms with E-state index in [-0.39, 0.29) is 12.1 Å². The van der Waals surface area contributed by atoms with E-state index in [1.165, 1.54) is 18.2 Å². The minimum absolute atomic E-state index is 0.0329. The van der Waals surface area contributed by atoms with Crippen LogP contribution in [-0.2, 0) is 6.54 Å². The highest BCUT2D eigenvalue weighted by atomic mass is 19.1. The number of imidazole rings is 1. The molecule has 5 heteroatoms. The molecule has 1 aromatic heterocycles. The number of rotatable bonds is 4. The number of aromatic nitrogens is 2. The van der Waals surface area contributed by atoms with E-state index in [0.717, 1.165) is 11.4 Å². The highest BCUT2D eigenvalue weighted by Crippen LogP contribution is 2.17. The number of anilines is 1. The van der Waals surface area contributed by atoms with Gasteiger partial charge in [-0.25, -0.2) is 13.8 Å². The highest BCUT2D eigenvalue weighted by Gasteiger charge is 2.07. The van der Waals surface area contributed by atoms with Gasteiger partial charge in [0.1, 0.15) is 11.6 Å². The van der Waals surface area contributed by atoms with Gasteiger partial charge in [-0.05, 0) is 30.3 Å². The smallest absolute Gasteiger partial charge is 0.131 e. The third-order valence-electron chi connectivity index (χ3n) is 3.18. The van der Waals surface area contributed by atoms with Gasteiger partial charge in [-0.1, -0.05) is 12.1 Å². The van der Waals surface area contributed by atoms with Gasteiger partial charge in [-0.3, -0.25) is 0 Å². The van der Waals surface area contributed by atoms with Gasteiger partial charge in [0.25, 0.3) is 0 Å². The molecule has 106 valence electrons. The fourth-order valence-corrected chi connectivity index (χ4v) is 2.08. The summed E-state index contributed by atoms with van der Waals surface area (Å²) in [5.74, 6) is -1.10. The predicted octanol–water partition coefficient (Wildman–Crippen LogP) is 3.76. The van der Waals surface area contributed by atoms with Crippen molar-refractivity contribution >= 4 is 5.69 Å². The molecule has 3 rings (SSSR count). The van der Waals surface area contributed by atoms with Gasteiger partial charge in [0.15, 0.2) is 0 Å². The summed E-state index contributed by atoms with van der Waals surface area (Å²) in [6, 6.07) is 11.4. The van der Waals surface area contributed by atoms with Crippen LogP contribution in [0.5, 0.6) is 0 Å². The van der Waals surface area contributed by atoms with E-state index >= 15 is 0 Å². The molecular formula is C16H13F2N3. The van der Waals surface area contributed by atoms with Crippen molar-refractivity contribution in [2.24, 2.45) is 0 Å². The molecule has 0 saturated heterocycles. The van der Waals surface area contributed by atoms with Crippen molar-refractivity contribution < 1.29 is 8.78 Å². The molecule has 1 heterocycles. The lowest BCUT2D eigenvalue weighted by Gasteiger charge is -2.10. The van der Waals surface area contributed by atoms with Crippen molar-refractivity contribution in [3.8, 4) is 5.69 Å². The third kappa shape index (κ3) is 2.91. The first-order valence-electron chi connectivity index (χ1n) is 6.49. The first kappa shape index (κ1) is 13.3. The monoisotopic (exact) mass is 285 g/mol. The van der Waals surface area contributed by atoms with Crippen molar-refractivity contribution in [2.75, 3.05) is 5.32 Å². The second-order valence-electron chi connectivity index (χ2n) is 4.57. The van der Waals surface area contributed by atoms with Crippen LogP contribution in [0.25, 0.3) is 5.69 Å². The highest BCUT2D eigenvalue weighted by molar-refractivity contribution is 5.51. The Kier molecular flexibility index (Phi) is 3.64. The molecule has 0 aliphatic carbocycles. The van der Waals surface area contributed by atoms with Gasteiger partial charge >= 0.3 is 0 Å². The lowest BCUT2D eigenvalue weighted by molar-refractivity contribution is 0.560. The van der Waals surface area contributed by atoms with Crippen molar-refractivity contribution in [2.45, 2.75) is 6.54 Å². The Labute approximate surface area is 120 Å². The molecule has 0 bridgehead atoms. The summed E-state index contributed by atoms with van der Waals surface area (Å²) >= 11 is 0. The van der Waals surface area contributed by atoms with Gasteiger partial charge in [0.2, 0.25) is 0 Å². The molecule has 1 N–H and O–H groups in total. The summed E-state index contributed by atoms with van der Waals surface area (Å²) in [6.45, 7) is 0.0892. The molecule has 21 heavy (non-hydrogen) atoms. The van der Waals surface area contributed by atoms with E-state index in [9.17, 15) is 8.78 Å². The van der Waals surface area contributed by atoms with Gasteiger partial charge in [-0.15, -0.1) is 0 Å². The Hall–Kier alpha value is -2.69. The summed E-state index contributed by atoms with van der Waals surface area (Å²) in [6.07, 6.45) is 5.21. The van der Waals surface area contributed by atoms with Crippen LogP contribution in [0.3, 0.4) is 0 Å². The fraction of sp³-hybridized carbons (Fsp3) is 0.0625. The Balaban J connectivity index is 1.78. The minimum atomic E-state index is -0.548. The zero-order valence-electron chi connectivity index (χ0n) is 11.1. The Bertz CT molecular complexity index is 719. The van der Waals surface area contributed by atoms with E-state index in [4.69, 9.17) is 0 Å². The van der Waals surface area contributed by atoms with Gasteiger partial charge in [-0.2, -0.15) is 0 Å². The fourth-order valence-electron chi connectivity index (χ4n) is 2.08. The Morgan fingerprint density at radius 3 is 2.52 bits per heavy atom. The summed E-state index contributed by atoms with van der Waals surface area (Å²) < 4.78 is 29.0. The third-order valence-corrected chi connectivity index (χ3v) is 3.18. The lowest BCUT2D eigenvalue weighted by Crippen LogP contribution is -2.05. The molecule has 3 aromatic rings. The van der Waals surface area contributed by atoms with E-state index in [2.05, 4.69) is 10.3 Å². The van der Waals surface area contributed by atoms with Crippen LogP contribution in [0.1, 0.15) is 5.56 Å². The van der Waals surface area contributed by atoms with Crippen LogP contribution in [0.15, 0.2) is 61.2 Å². The van der Waals surface area contributed by atoms with Crippen molar-refractivity contribution in [3.05, 3.63) is 78.4 Å². The van der Waals surface area contributed by atoms with Crippen LogP contribution < -0.4 is 5.32 Å². The summed E-state index contributed by atoms with van der Waals surface area (Å²) in [5.41, 5.74) is 1.74. The number of hydrogen-bond acceptors (Lipinski definition) is 2. The summed E-state index contributed by atoms with van der Waals surface area (Å²) in [5, 5.41) is 3.03. The average molecular weight is 285 g/mol. The van der Waals surface area contributed by atoms with Crippen LogP contribution >= 0.6 is 0 Å². The minimum Gasteiger partial charge on any atom is -0.381 e.